The van der Waals surface area contributed by atoms with Crippen molar-refractivity contribution >= 4 is 5.91 Å². The van der Waals surface area contributed by atoms with E-state index in [0.29, 0.717) is 19.6 Å². The predicted molar refractivity (Wildman–Crippen MR) is 63.1 cm³/mol. The van der Waals surface area contributed by atoms with Crippen molar-refractivity contribution in [2.24, 2.45) is 5.73 Å². The van der Waals surface area contributed by atoms with E-state index in [-0.39, 0.29) is 5.91 Å². The fourth-order valence-corrected chi connectivity index (χ4v) is 1.20. The molecule has 0 aliphatic carbocycles. The van der Waals surface area contributed by atoms with Crippen LogP contribution in [0.2, 0.25) is 0 Å². The molecule has 0 atom stereocenters. The number of rotatable bonds is 5. The monoisotopic (exact) mass is 222 g/mol. The molecule has 4 nitrogen and oxygen atoms in total. The molecule has 0 fully saturated rings. The van der Waals surface area contributed by atoms with Gasteiger partial charge in [0.1, 0.15) is 5.75 Å². The number of benzene rings is 1. The molecule has 88 valence electrons. The van der Waals surface area contributed by atoms with Gasteiger partial charge in [-0.1, -0.05) is 12.1 Å². The first-order valence-electron chi connectivity index (χ1n) is 5.25. The van der Waals surface area contributed by atoms with Crippen molar-refractivity contribution in [2.75, 3.05) is 20.7 Å². The summed E-state index contributed by atoms with van der Waals surface area (Å²) in [6.07, 6.45) is 0.394. The van der Waals surface area contributed by atoms with E-state index in [1.54, 1.807) is 19.0 Å². The maximum absolute atomic E-state index is 11.3. The van der Waals surface area contributed by atoms with Crippen LogP contribution in [0.4, 0.5) is 0 Å². The molecule has 0 aliphatic rings. The Hall–Kier alpha value is -1.55. The Labute approximate surface area is 96.0 Å². The summed E-state index contributed by atoms with van der Waals surface area (Å²) in [5.74, 6) is 0.835. The van der Waals surface area contributed by atoms with E-state index in [1.807, 2.05) is 24.3 Å². The first-order valence-corrected chi connectivity index (χ1v) is 5.25. The third-order valence-corrected chi connectivity index (χ3v) is 2.24. The van der Waals surface area contributed by atoms with Gasteiger partial charge in [-0.15, -0.1) is 0 Å². The molecule has 1 aromatic carbocycles. The first kappa shape index (κ1) is 12.5. The molecule has 0 heterocycles. The lowest BCUT2D eigenvalue weighted by molar-refractivity contribution is -0.129. The second-order valence-corrected chi connectivity index (χ2v) is 3.73. The van der Waals surface area contributed by atoms with Gasteiger partial charge in [0, 0.05) is 20.6 Å². The third-order valence-electron chi connectivity index (χ3n) is 2.24. The van der Waals surface area contributed by atoms with E-state index in [9.17, 15) is 4.79 Å². The van der Waals surface area contributed by atoms with Gasteiger partial charge in [-0.2, -0.15) is 0 Å². The van der Waals surface area contributed by atoms with E-state index >= 15 is 0 Å². The van der Waals surface area contributed by atoms with Gasteiger partial charge < -0.3 is 15.4 Å². The SMILES string of the molecule is CN(C)C(=O)CCOc1ccc(CN)cc1. The third kappa shape index (κ3) is 3.90. The van der Waals surface area contributed by atoms with Gasteiger partial charge in [0.2, 0.25) is 5.91 Å². The van der Waals surface area contributed by atoms with Crippen LogP contribution in [0.15, 0.2) is 24.3 Å². The van der Waals surface area contributed by atoms with Crippen LogP contribution in [-0.4, -0.2) is 31.5 Å². The van der Waals surface area contributed by atoms with Gasteiger partial charge in [-0.3, -0.25) is 4.79 Å². The minimum absolute atomic E-state index is 0.0681. The Balaban J connectivity index is 2.34. The van der Waals surface area contributed by atoms with Crippen molar-refractivity contribution in [2.45, 2.75) is 13.0 Å². The topological polar surface area (TPSA) is 55.6 Å². The van der Waals surface area contributed by atoms with Crippen LogP contribution in [-0.2, 0) is 11.3 Å². The average Bonchev–Trinajstić information content (AvgIpc) is 2.29. The van der Waals surface area contributed by atoms with Crippen LogP contribution in [0.1, 0.15) is 12.0 Å². The summed E-state index contributed by atoms with van der Waals surface area (Å²) >= 11 is 0. The second kappa shape index (κ2) is 6.12. The molecule has 0 bridgehead atoms. The van der Waals surface area contributed by atoms with Crippen molar-refractivity contribution in [3.05, 3.63) is 29.8 Å². The van der Waals surface area contributed by atoms with Gasteiger partial charge in [0.25, 0.3) is 0 Å². The zero-order valence-corrected chi connectivity index (χ0v) is 9.77. The number of amides is 1. The van der Waals surface area contributed by atoms with Crippen LogP contribution in [0.25, 0.3) is 0 Å². The Morgan fingerprint density at radius 2 is 1.94 bits per heavy atom. The zero-order chi connectivity index (χ0) is 12.0. The Bertz CT molecular complexity index is 333. The molecule has 0 saturated carbocycles. The molecule has 16 heavy (non-hydrogen) atoms. The number of nitrogens with zero attached hydrogens (tertiary/aromatic N) is 1. The summed E-state index contributed by atoms with van der Waals surface area (Å²) in [4.78, 5) is 12.8. The quantitative estimate of drug-likeness (QED) is 0.808. The largest absolute Gasteiger partial charge is 0.493 e. The van der Waals surface area contributed by atoms with Gasteiger partial charge in [0.05, 0.1) is 13.0 Å². The summed E-state index contributed by atoms with van der Waals surface area (Å²) < 4.78 is 5.44. The molecule has 0 unspecified atom stereocenters. The van der Waals surface area contributed by atoms with Crippen molar-refractivity contribution in [1.82, 2.24) is 4.90 Å². The Morgan fingerprint density at radius 1 is 1.31 bits per heavy atom. The van der Waals surface area contributed by atoms with Gasteiger partial charge in [-0.05, 0) is 17.7 Å². The number of carbonyl (C=O) groups is 1. The molecule has 0 aliphatic heterocycles. The van der Waals surface area contributed by atoms with Crippen LogP contribution in [0.3, 0.4) is 0 Å². The molecule has 1 rings (SSSR count). The summed E-state index contributed by atoms with van der Waals surface area (Å²) in [6, 6.07) is 7.57. The van der Waals surface area contributed by atoms with E-state index in [0.717, 1.165) is 11.3 Å². The summed E-state index contributed by atoms with van der Waals surface area (Å²) in [7, 11) is 3.47. The highest BCUT2D eigenvalue weighted by Crippen LogP contribution is 2.11. The van der Waals surface area contributed by atoms with E-state index < -0.39 is 0 Å². The lowest BCUT2D eigenvalue weighted by Gasteiger charge is -2.11. The van der Waals surface area contributed by atoms with E-state index in [4.69, 9.17) is 10.5 Å². The molecule has 0 saturated heterocycles. The van der Waals surface area contributed by atoms with Crippen LogP contribution >= 0.6 is 0 Å². The molecular formula is C12H18N2O2. The van der Waals surface area contributed by atoms with Crippen molar-refractivity contribution in [3.8, 4) is 5.75 Å². The predicted octanol–water partition coefficient (Wildman–Crippen LogP) is 1.00. The van der Waals surface area contributed by atoms with Gasteiger partial charge in [0.15, 0.2) is 0 Å². The summed E-state index contributed by atoms with van der Waals surface area (Å²) in [6.45, 7) is 0.929. The van der Waals surface area contributed by atoms with Crippen molar-refractivity contribution in [1.29, 1.82) is 0 Å². The number of hydrogen-bond donors (Lipinski definition) is 1. The highest BCUT2D eigenvalue weighted by atomic mass is 16.5. The molecule has 1 aromatic rings. The molecule has 4 heteroatoms. The molecule has 0 aromatic heterocycles. The Morgan fingerprint density at radius 3 is 2.44 bits per heavy atom. The number of hydrogen-bond acceptors (Lipinski definition) is 3. The van der Waals surface area contributed by atoms with Crippen molar-refractivity contribution < 1.29 is 9.53 Å². The Kier molecular flexibility index (Phi) is 4.79. The van der Waals surface area contributed by atoms with Crippen LogP contribution < -0.4 is 10.5 Å². The minimum Gasteiger partial charge on any atom is -0.493 e. The normalized spacial score (nSPS) is 9.94. The molecule has 1 amide bonds. The lowest BCUT2D eigenvalue weighted by atomic mass is 10.2. The maximum atomic E-state index is 11.3. The first-order chi connectivity index (χ1) is 7.63. The zero-order valence-electron chi connectivity index (χ0n) is 9.77. The minimum atomic E-state index is 0.0681. The molecular weight excluding hydrogens is 204 g/mol. The fourth-order valence-electron chi connectivity index (χ4n) is 1.20. The maximum Gasteiger partial charge on any atom is 0.225 e. The lowest BCUT2D eigenvalue weighted by Crippen LogP contribution is -2.23. The molecule has 0 spiro atoms. The van der Waals surface area contributed by atoms with Gasteiger partial charge >= 0.3 is 0 Å². The highest BCUT2D eigenvalue weighted by Gasteiger charge is 2.03. The van der Waals surface area contributed by atoms with E-state index in [1.165, 1.54) is 0 Å². The number of carbonyl (C=O) groups excluding carboxylic acids is 1. The van der Waals surface area contributed by atoms with Crippen LogP contribution in [0.5, 0.6) is 5.75 Å². The highest BCUT2D eigenvalue weighted by molar-refractivity contribution is 5.75. The van der Waals surface area contributed by atoms with Crippen LogP contribution in [0, 0.1) is 0 Å². The molecule has 2 N–H and O–H groups in total. The smallest absolute Gasteiger partial charge is 0.225 e. The van der Waals surface area contributed by atoms with Crippen molar-refractivity contribution in [3.63, 3.8) is 0 Å². The standard InChI is InChI=1S/C12H18N2O2/c1-14(2)12(15)7-8-16-11-5-3-10(9-13)4-6-11/h3-6H,7-9,13H2,1-2H3. The van der Waals surface area contributed by atoms with Gasteiger partial charge in [-0.25, -0.2) is 0 Å². The molecule has 0 radical (unpaired) electrons. The second-order valence-electron chi connectivity index (χ2n) is 3.73. The summed E-state index contributed by atoms with van der Waals surface area (Å²) in [5, 5.41) is 0. The number of ether oxygens (including phenoxy) is 1. The van der Waals surface area contributed by atoms with E-state index in [2.05, 4.69) is 0 Å². The summed E-state index contributed by atoms with van der Waals surface area (Å²) in [5.41, 5.74) is 6.55. The number of nitrogens with two attached hydrogens (primary N) is 1. The average molecular weight is 222 g/mol. The fraction of sp³-hybridized carbons (Fsp3) is 0.417.